The lowest BCUT2D eigenvalue weighted by Gasteiger charge is -2.35. The molecule has 2 aliphatic heterocycles. The van der Waals surface area contributed by atoms with Gasteiger partial charge in [-0.1, -0.05) is 0 Å². The number of carboxylic acid groups (broad SMARTS) is 1. The number of aliphatic hydroxyl groups excluding tert-OH is 1. The van der Waals surface area contributed by atoms with Crippen LogP contribution in [-0.2, 0) is 4.74 Å². The van der Waals surface area contributed by atoms with E-state index in [2.05, 4.69) is 0 Å². The average molecular weight is 187 g/mol. The van der Waals surface area contributed by atoms with E-state index in [1.807, 2.05) is 0 Å². The van der Waals surface area contributed by atoms with Gasteiger partial charge in [-0.3, -0.25) is 0 Å². The van der Waals surface area contributed by atoms with Crippen molar-refractivity contribution < 1.29 is 19.7 Å². The molecule has 2 bridgehead atoms. The Labute approximate surface area is 75.9 Å². The van der Waals surface area contributed by atoms with Crippen LogP contribution in [0.3, 0.4) is 0 Å². The lowest BCUT2D eigenvalue weighted by Crippen LogP contribution is -2.49. The van der Waals surface area contributed by atoms with Gasteiger partial charge in [0.05, 0.1) is 25.9 Å². The highest BCUT2D eigenvalue weighted by molar-refractivity contribution is 5.65. The molecule has 2 aliphatic rings. The first-order chi connectivity index (χ1) is 6.15. The SMILES string of the molecule is O=C(O)N1CC2CC(CO)(CO2)C1. The van der Waals surface area contributed by atoms with Crippen molar-refractivity contribution >= 4 is 6.09 Å². The molecule has 0 aromatic heterocycles. The van der Waals surface area contributed by atoms with Crippen molar-refractivity contribution in [1.82, 2.24) is 4.90 Å². The minimum Gasteiger partial charge on any atom is -0.465 e. The maximum Gasteiger partial charge on any atom is 0.407 e. The summed E-state index contributed by atoms with van der Waals surface area (Å²) in [6.07, 6.45) is -0.155. The molecule has 0 radical (unpaired) electrons. The quantitative estimate of drug-likeness (QED) is 0.593. The molecular weight excluding hydrogens is 174 g/mol. The standard InChI is InChI=1S/C8H13NO4/c10-4-8-1-6(13-5-8)2-9(3-8)7(11)12/h6,10H,1-5H2,(H,11,12). The summed E-state index contributed by atoms with van der Waals surface area (Å²) in [5.41, 5.74) is -0.332. The molecule has 0 aromatic rings. The fourth-order valence-corrected chi connectivity index (χ4v) is 2.14. The number of carbonyl (C=O) groups is 1. The van der Waals surface area contributed by atoms with E-state index >= 15 is 0 Å². The zero-order valence-corrected chi connectivity index (χ0v) is 7.27. The Balaban J connectivity index is 2.12. The highest BCUT2D eigenvalue weighted by Crippen LogP contribution is 2.37. The summed E-state index contributed by atoms with van der Waals surface area (Å²) >= 11 is 0. The fraction of sp³-hybridized carbons (Fsp3) is 0.875. The van der Waals surface area contributed by atoms with Gasteiger partial charge < -0.3 is 19.8 Å². The molecule has 2 atom stereocenters. The van der Waals surface area contributed by atoms with Crippen LogP contribution in [-0.4, -0.2) is 53.6 Å². The number of amides is 1. The molecular formula is C8H13NO4. The highest BCUT2D eigenvalue weighted by atomic mass is 16.5. The fourth-order valence-electron chi connectivity index (χ4n) is 2.14. The van der Waals surface area contributed by atoms with Crippen molar-refractivity contribution in [3.8, 4) is 0 Å². The van der Waals surface area contributed by atoms with Crippen molar-refractivity contribution in [2.75, 3.05) is 26.3 Å². The summed E-state index contributed by atoms with van der Waals surface area (Å²) in [4.78, 5) is 12.1. The summed E-state index contributed by atoms with van der Waals surface area (Å²) in [6.45, 7) is 1.33. The van der Waals surface area contributed by atoms with Gasteiger partial charge in [0.25, 0.3) is 0 Å². The Hall–Kier alpha value is -0.810. The Kier molecular flexibility index (Phi) is 1.92. The van der Waals surface area contributed by atoms with Crippen molar-refractivity contribution in [2.24, 2.45) is 5.41 Å². The summed E-state index contributed by atoms with van der Waals surface area (Å²) in [7, 11) is 0. The number of fused-ring (bicyclic) bond motifs is 2. The van der Waals surface area contributed by atoms with E-state index in [9.17, 15) is 4.79 Å². The number of hydrogen-bond acceptors (Lipinski definition) is 3. The van der Waals surface area contributed by atoms with Crippen LogP contribution in [0.2, 0.25) is 0 Å². The largest absolute Gasteiger partial charge is 0.465 e. The van der Waals surface area contributed by atoms with Crippen molar-refractivity contribution in [3.63, 3.8) is 0 Å². The number of nitrogens with zero attached hydrogens (tertiary/aromatic N) is 1. The first kappa shape index (κ1) is 8.77. The zero-order valence-electron chi connectivity index (χ0n) is 7.27. The van der Waals surface area contributed by atoms with Gasteiger partial charge in [0.15, 0.2) is 0 Å². The van der Waals surface area contributed by atoms with Crippen LogP contribution in [0.4, 0.5) is 4.79 Å². The van der Waals surface area contributed by atoms with E-state index in [1.54, 1.807) is 0 Å². The number of ether oxygens (including phenoxy) is 1. The molecule has 5 nitrogen and oxygen atoms in total. The molecule has 74 valence electrons. The van der Waals surface area contributed by atoms with E-state index in [0.717, 1.165) is 6.42 Å². The normalized spacial score (nSPS) is 37.9. The van der Waals surface area contributed by atoms with Gasteiger partial charge in [0, 0.05) is 12.0 Å². The first-order valence-electron chi connectivity index (χ1n) is 4.36. The molecule has 2 rings (SSSR count). The molecule has 2 heterocycles. The van der Waals surface area contributed by atoms with Gasteiger partial charge in [-0.25, -0.2) is 4.79 Å². The van der Waals surface area contributed by atoms with Gasteiger partial charge in [-0.2, -0.15) is 0 Å². The molecule has 0 aliphatic carbocycles. The molecule has 13 heavy (non-hydrogen) atoms. The van der Waals surface area contributed by atoms with E-state index < -0.39 is 6.09 Å². The third-order valence-corrected chi connectivity index (χ3v) is 2.84. The Morgan fingerprint density at radius 2 is 2.46 bits per heavy atom. The molecule has 2 N–H and O–H groups in total. The minimum atomic E-state index is -0.923. The molecule has 5 heteroatoms. The van der Waals surface area contributed by atoms with Crippen LogP contribution < -0.4 is 0 Å². The molecule has 0 saturated carbocycles. The number of hydrogen-bond donors (Lipinski definition) is 2. The second kappa shape index (κ2) is 2.85. The summed E-state index contributed by atoms with van der Waals surface area (Å²) in [5.74, 6) is 0. The van der Waals surface area contributed by atoms with Crippen molar-refractivity contribution in [1.29, 1.82) is 0 Å². The predicted molar refractivity (Wildman–Crippen MR) is 43.5 cm³/mol. The maximum absolute atomic E-state index is 10.7. The number of rotatable bonds is 1. The smallest absolute Gasteiger partial charge is 0.407 e. The second-order valence-electron chi connectivity index (χ2n) is 3.96. The zero-order chi connectivity index (χ0) is 9.47. The summed E-state index contributed by atoms with van der Waals surface area (Å²) in [5, 5.41) is 18.0. The van der Waals surface area contributed by atoms with Gasteiger partial charge in [0.1, 0.15) is 0 Å². The van der Waals surface area contributed by atoms with E-state index in [0.29, 0.717) is 19.7 Å². The van der Waals surface area contributed by atoms with Crippen LogP contribution in [0, 0.1) is 5.41 Å². The number of piperidine rings is 1. The van der Waals surface area contributed by atoms with Gasteiger partial charge in [0.2, 0.25) is 0 Å². The van der Waals surface area contributed by atoms with Gasteiger partial charge in [-0.15, -0.1) is 0 Å². The van der Waals surface area contributed by atoms with Crippen molar-refractivity contribution in [3.05, 3.63) is 0 Å². The van der Waals surface area contributed by atoms with Gasteiger partial charge >= 0.3 is 6.09 Å². The van der Waals surface area contributed by atoms with Crippen molar-refractivity contribution in [2.45, 2.75) is 12.5 Å². The van der Waals surface area contributed by atoms with Crippen LogP contribution in [0.1, 0.15) is 6.42 Å². The molecule has 2 unspecified atom stereocenters. The summed E-state index contributed by atoms with van der Waals surface area (Å²) < 4.78 is 5.39. The third-order valence-electron chi connectivity index (χ3n) is 2.84. The van der Waals surface area contributed by atoms with Crippen LogP contribution in [0.15, 0.2) is 0 Å². The second-order valence-corrected chi connectivity index (χ2v) is 3.96. The third kappa shape index (κ3) is 1.38. The van der Waals surface area contributed by atoms with E-state index in [1.165, 1.54) is 4.90 Å². The van der Waals surface area contributed by atoms with Crippen LogP contribution >= 0.6 is 0 Å². The number of likely N-dealkylation sites (tertiary alicyclic amines) is 1. The highest BCUT2D eigenvalue weighted by Gasteiger charge is 2.47. The first-order valence-corrected chi connectivity index (χ1v) is 4.36. The van der Waals surface area contributed by atoms with E-state index in [4.69, 9.17) is 14.9 Å². The maximum atomic E-state index is 10.7. The molecule has 1 amide bonds. The average Bonchev–Trinajstić information content (AvgIpc) is 2.42. The van der Waals surface area contributed by atoms with Crippen LogP contribution in [0.25, 0.3) is 0 Å². The molecule has 0 spiro atoms. The van der Waals surface area contributed by atoms with E-state index in [-0.39, 0.29) is 18.1 Å². The molecule has 2 fully saturated rings. The monoisotopic (exact) mass is 187 g/mol. The minimum absolute atomic E-state index is 0.00722. The lowest BCUT2D eigenvalue weighted by atomic mass is 9.83. The lowest BCUT2D eigenvalue weighted by molar-refractivity contribution is 0.0586. The topological polar surface area (TPSA) is 70.0 Å². The summed E-state index contributed by atoms with van der Waals surface area (Å²) in [6, 6.07) is 0. The van der Waals surface area contributed by atoms with Gasteiger partial charge in [-0.05, 0) is 6.42 Å². The predicted octanol–water partition coefficient (Wildman–Crippen LogP) is -0.252. The Bertz CT molecular complexity index is 232. The molecule has 2 saturated heterocycles. The molecule has 0 aromatic carbocycles. The Morgan fingerprint density at radius 1 is 1.69 bits per heavy atom. The Morgan fingerprint density at radius 3 is 3.08 bits per heavy atom. The number of aliphatic hydroxyl groups is 1. The van der Waals surface area contributed by atoms with Crippen LogP contribution in [0.5, 0.6) is 0 Å².